The fourth-order valence-corrected chi connectivity index (χ4v) is 3.35. The summed E-state index contributed by atoms with van der Waals surface area (Å²) in [6.45, 7) is 4.46. The van der Waals surface area contributed by atoms with Gasteiger partial charge in [0, 0.05) is 25.8 Å². The van der Waals surface area contributed by atoms with Crippen molar-refractivity contribution in [1.82, 2.24) is 10.3 Å². The van der Waals surface area contributed by atoms with Crippen molar-refractivity contribution in [2.24, 2.45) is 0 Å². The van der Waals surface area contributed by atoms with Crippen molar-refractivity contribution in [2.75, 3.05) is 37.7 Å². The lowest BCUT2D eigenvalue weighted by atomic mass is 9.91. The number of hydrogen-bond acceptors (Lipinski definition) is 4. The third kappa shape index (κ3) is 2.60. The first-order valence-corrected chi connectivity index (χ1v) is 8.02. The summed E-state index contributed by atoms with van der Waals surface area (Å²) in [7, 11) is 0. The van der Waals surface area contributed by atoms with E-state index in [9.17, 15) is 0 Å². The number of nitrogens with zero attached hydrogens (tertiary/aromatic N) is 2. The zero-order valence-corrected chi connectivity index (χ0v) is 12.7. The molecule has 4 heteroatoms. The van der Waals surface area contributed by atoms with Crippen LogP contribution < -0.4 is 10.2 Å². The maximum Gasteiger partial charge on any atom is 0.128 e. The Kier molecular flexibility index (Phi) is 3.79. The van der Waals surface area contributed by atoms with Crippen LogP contribution in [-0.2, 0) is 11.2 Å². The molecule has 1 N–H and O–H groups in total. The number of hydrogen-bond donors (Lipinski definition) is 1. The zero-order valence-electron chi connectivity index (χ0n) is 12.7. The predicted molar refractivity (Wildman–Crippen MR) is 87.3 cm³/mol. The summed E-state index contributed by atoms with van der Waals surface area (Å²) < 4.78 is 5.40. The molecule has 1 aromatic carbocycles. The SMILES string of the molecule is c1ccc2c(c1)CCNC2c1ccc(N2CCOCC2)nc1. The van der Waals surface area contributed by atoms with Gasteiger partial charge in [-0.25, -0.2) is 4.98 Å². The number of pyridine rings is 1. The van der Waals surface area contributed by atoms with Crippen LogP contribution in [0.25, 0.3) is 0 Å². The van der Waals surface area contributed by atoms with E-state index in [2.05, 4.69) is 51.6 Å². The highest BCUT2D eigenvalue weighted by molar-refractivity contribution is 5.44. The molecule has 114 valence electrons. The lowest BCUT2D eigenvalue weighted by molar-refractivity contribution is 0.122. The average Bonchev–Trinajstić information content (AvgIpc) is 2.62. The van der Waals surface area contributed by atoms with Crippen molar-refractivity contribution < 1.29 is 4.74 Å². The minimum absolute atomic E-state index is 0.260. The number of nitrogens with one attached hydrogen (secondary N) is 1. The van der Waals surface area contributed by atoms with Gasteiger partial charge in [0.05, 0.1) is 19.3 Å². The van der Waals surface area contributed by atoms with Gasteiger partial charge in [0.2, 0.25) is 0 Å². The third-order valence-electron chi connectivity index (χ3n) is 4.55. The van der Waals surface area contributed by atoms with E-state index in [1.54, 1.807) is 0 Å². The smallest absolute Gasteiger partial charge is 0.128 e. The molecule has 1 fully saturated rings. The van der Waals surface area contributed by atoms with E-state index in [0.717, 1.165) is 45.1 Å². The standard InChI is InChI=1S/C18H21N3O/c1-2-4-16-14(3-1)7-8-19-18(16)15-5-6-17(20-13-15)21-9-11-22-12-10-21/h1-6,13,18-19H,7-12H2. The first-order valence-electron chi connectivity index (χ1n) is 8.02. The molecule has 22 heavy (non-hydrogen) atoms. The molecule has 1 saturated heterocycles. The molecule has 4 nitrogen and oxygen atoms in total. The van der Waals surface area contributed by atoms with Crippen molar-refractivity contribution >= 4 is 5.82 Å². The number of fused-ring (bicyclic) bond motifs is 1. The van der Waals surface area contributed by atoms with Crippen LogP contribution in [0.1, 0.15) is 22.7 Å². The molecule has 1 atom stereocenters. The third-order valence-corrected chi connectivity index (χ3v) is 4.55. The summed E-state index contributed by atoms with van der Waals surface area (Å²) in [5, 5.41) is 3.62. The minimum Gasteiger partial charge on any atom is -0.378 e. The molecule has 1 unspecified atom stereocenters. The van der Waals surface area contributed by atoms with E-state index in [-0.39, 0.29) is 6.04 Å². The first kappa shape index (κ1) is 13.7. The summed E-state index contributed by atoms with van der Waals surface area (Å²) in [6, 6.07) is 13.3. The Morgan fingerprint density at radius 3 is 2.77 bits per heavy atom. The molecular weight excluding hydrogens is 274 g/mol. The lowest BCUT2D eigenvalue weighted by Crippen LogP contribution is -2.36. The van der Waals surface area contributed by atoms with Gasteiger partial charge in [0.1, 0.15) is 5.82 Å². The summed E-state index contributed by atoms with van der Waals surface area (Å²) in [6.07, 6.45) is 3.12. The predicted octanol–water partition coefficient (Wildman–Crippen LogP) is 2.15. The molecule has 2 aliphatic heterocycles. The van der Waals surface area contributed by atoms with Crippen LogP contribution in [0, 0.1) is 0 Å². The second-order valence-electron chi connectivity index (χ2n) is 5.89. The molecule has 4 rings (SSSR count). The Bertz CT molecular complexity index is 635. The summed E-state index contributed by atoms with van der Waals surface area (Å²) >= 11 is 0. The molecule has 0 bridgehead atoms. The van der Waals surface area contributed by atoms with Gasteiger partial charge >= 0.3 is 0 Å². The van der Waals surface area contributed by atoms with Crippen LogP contribution in [0.4, 0.5) is 5.82 Å². The molecule has 2 aromatic rings. The van der Waals surface area contributed by atoms with Crippen molar-refractivity contribution in [3.05, 3.63) is 59.3 Å². The van der Waals surface area contributed by atoms with E-state index in [4.69, 9.17) is 4.74 Å². The summed E-state index contributed by atoms with van der Waals surface area (Å²) in [4.78, 5) is 6.97. The van der Waals surface area contributed by atoms with E-state index < -0.39 is 0 Å². The Morgan fingerprint density at radius 1 is 1.09 bits per heavy atom. The van der Waals surface area contributed by atoms with Crippen molar-refractivity contribution in [1.29, 1.82) is 0 Å². The van der Waals surface area contributed by atoms with E-state index in [1.807, 2.05) is 6.20 Å². The highest BCUT2D eigenvalue weighted by atomic mass is 16.5. The monoisotopic (exact) mass is 295 g/mol. The molecule has 0 spiro atoms. The number of anilines is 1. The number of morpholine rings is 1. The van der Waals surface area contributed by atoms with E-state index >= 15 is 0 Å². The molecule has 1 aromatic heterocycles. The van der Waals surface area contributed by atoms with Gasteiger partial charge in [-0.05, 0) is 29.2 Å². The Balaban J connectivity index is 1.59. The van der Waals surface area contributed by atoms with Gasteiger partial charge in [0.25, 0.3) is 0 Å². The maximum atomic E-state index is 5.40. The van der Waals surface area contributed by atoms with Crippen molar-refractivity contribution in [3.63, 3.8) is 0 Å². The molecular formula is C18H21N3O. The number of aromatic nitrogens is 1. The second-order valence-corrected chi connectivity index (χ2v) is 5.89. The number of benzene rings is 1. The van der Waals surface area contributed by atoms with Gasteiger partial charge in [0.15, 0.2) is 0 Å². The normalized spacial score (nSPS) is 21.5. The van der Waals surface area contributed by atoms with Gasteiger partial charge in [-0.3, -0.25) is 0 Å². The van der Waals surface area contributed by atoms with Crippen LogP contribution in [-0.4, -0.2) is 37.8 Å². The van der Waals surface area contributed by atoms with Crippen LogP contribution in [0.2, 0.25) is 0 Å². The van der Waals surface area contributed by atoms with Crippen LogP contribution in [0.15, 0.2) is 42.6 Å². The maximum absolute atomic E-state index is 5.40. The van der Waals surface area contributed by atoms with Gasteiger partial charge in [-0.15, -0.1) is 0 Å². The first-order chi connectivity index (χ1) is 10.9. The summed E-state index contributed by atoms with van der Waals surface area (Å²) in [5.41, 5.74) is 4.07. The minimum atomic E-state index is 0.260. The highest BCUT2D eigenvalue weighted by Crippen LogP contribution is 2.28. The van der Waals surface area contributed by atoms with E-state index in [0.29, 0.717) is 0 Å². The van der Waals surface area contributed by atoms with Crippen LogP contribution in [0.3, 0.4) is 0 Å². The molecule has 2 aliphatic rings. The fraction of sp³-hybridized carbons (Fsp3) is 0.389. The largest absolute Gasteiger partial charge is 0.378 e. The number of rotatable bonds is 2. The molecule has 0 amide bonds. The van der Waals surface area contributed by atoms with E-state index in [1.165, 1.54) is 16.7 Å². The molecule has 3 heterocycles. The van der Waals surface area contributed by atoms with Crippen molar-refractivity contribution in [3.8, 4) is 0 Å². The topological polar surface area (TPSA) is 37.4 Å². The second kappa shape index (κ2) is 6.07. The fourth-order valence-electron chi connectivity index (χ4n) is 3.35. The van der Waals surface area contributed by atoms with Gasteiger partial charge in [-0.1, -0.05) is 30.3 Å². The molecule has 0 radical (unpaired) electrons. The molecule has 0 saturated carbocycles. The van der Waals surface area contributed by atoms with Gasteiger partial charge < -0.3 is 15.0 Å². The zero-order chi connectivity index (χ0) is 14.8. The van der Waals surface area contributed by atoms with Crippen molar-refractivity contribution in [2.45, 2.75) is 12.5 Å². The Morgan fingerprint density at radius 2 is 1.95 bits per heavy atom. The Labute approximate surface area is 131 Å². The summed E-state index contributed by atoms with van der Waals surface area (Å²) in [5.74, 6) is 1.05. The van der Waals surface area contributed by atoms with Crippen LogP contribution in [0.5, 0.6) is 0 Å². The highest BCUT2D eigenvalue weighted by Gasteiger charge is 2.21. The average molecular weight is 295 g/mol. The quantitative estimate of drug-likeness (QED) is 0.921. The lowest BCUT2D eigenvalue weighted by Gasteiger charge is -2.29. The Hall–Kier alpha value is -1.91. The number of ether oxygens (including phenoxy) is 1. The van der Waals surface area contributed by atoms with Gasteiger partial charge in [-0.2, -0.15) is 0 Å². The molecule has 0 aliphatic carbocycles. The van der Waals surface area contributed by atoms with Crippen LogP contribution >= 0.6 is 0 Å².